The van der Waals surface area contributed by atoms with Crippen LogP contribution in [0.3, 0.4) is 0 Å². The van der Waals surface area contributed by atoms with Crippen molar-refractivity contribution in [3.05, 3.63) is 95.8 Å². The molecule has 0 radical (unpaired) electrons. The highest BCUT2D eigenvalue weighted by Crippen LogP contribution is 2.30. The van der Waals surface area contributed by atoms with E-state index < -0.39 is 5.97 Å². The average molecular weight is 394 g/mol. The van der Waals surface area contributed by atoms with Crippen LogP contribution in [0.4, 0.5) is 0 Å². The molecule has 3 aromatic heterocycles. The first-order valence-corrected chi connectivity index (χ1v) is 9.78. The Morgan fingerprint density at radius 3 is 2.53 bits per heavy atom. The number of carbonyl (C=O) groups excluding carboxylic acids is 2. The van der Waals surface area contributed by atoms with Crippen LogP contribution in [0.5, 0.6) is 0 Å². The number of esters is 1. The zero-order valence-corrected chi connectivity index (χ0v) is 16.3. The Bertz CT molecular complexity index is 1440. The highest BCUT2D eigenvalue weighted by molar-refractivity contribution is 6.14. The normalized spacial score (nSPS) is 11.2. The van der Waals surface area contributed by atoms with Gasteiger partial charge < -0.3 is 9.14 Å². The second-order valence-corrected chi connectivity index (χ2v) is 6.99. The smallest absolute Gasteiger partial charge is 0.340 e. The van der Waals surface area contributed by atoms with Crippen molar-refractivity contribution in [2.24, 2.45) is 0 Å². The summed E-state index contributed by atoms with van der Waals surface area (Å²) >= 11 is 0. The van der Waals surface area contributed by atoms with E-state index in [0.717, 1.165) is 21.8 Å². The van der Waals surface area contributed by atoms with E-state index >= 15 is 0 Å². The van der Waals surface area contributed by atoms with Gasteiger partial charge in [-0.25, -0.2) is 4.79 Å². The van der Waals surface area contributed by atoms with Crippen LogP contribution in [-0.4, -0.2) is 27.7 Å². The van der Waals surface area contributed by atoms with Gasteiger partial charge in [0.25, 0.3) is 0 Å². The molecule has 2 aromatic carbocycles. The molecule has 3 heterocycles. The number of hydrogen-bond donors (Lipinski definition) is 0. The monoisotopic (exact) mass is 394 g/mol. The van der Waals surface area contributed by atoms with Crippen molar-refractivity contribution in [3.63, 3.8) is 0 Å². The molecule has 146 valence electrons. The van der Waals surface area contributed by atoms with E-state index in [2.05, 4.69) is 4.98 Å². The van der Waals surface area contributed by atoms with Crippen LogP contribution in [0.25, 0.3) is 27.3 Å². The van der Waals surface area contributed by atoms with Gasteiger partial charge in [-0.3, -0.25) is 9.78 Å². The molecule has 0 atom stereocenters. The topological polar surface area (TPSA) is 60.7 Å². The molecular formula is C25H18N2O3. The Kier molecular flexibility index (Phi) is 4.29. The van der Waals surface area contributed by atoms with Gasteiger partial charge in [0.05, 0.1) is 34.4 Å². The summed E-state index contributed by atoms with van der Waals surface area (Å²) in [5, 5.41) is 1.92. The molecule has 30 heavy (non-hydrogen) atoms. The zero-order chi connectivity index (χ0) is 20.7. The van der Waals surface area contributed by atoms with Crippen LogP contribution in [0.2, 0.25) is 0 Å². The third-order valence-corrected chi connectivity index (χ3v) is 5.24. The van der Waals surface area contributed by atoms with Gasteiger partial charge in [-0.1, -0.05) is 42.5 Å². The summed E-state index contributed by atoms with van der Waals surface area (Å²) in [7, 11) is 0. The van der Waals surface area contributed by atoms with E-state index in [1.807, 2.05) is 59.0 Å². The first-order chi connectivity index (χ1) is 14.7. The van der Waals surface area contributed by atoms with Gasteiger partial charge in [0.15, 0.2) is 0 Å². The van der Waals surface area contributed by atoms with Gasteiger partial charge in [0.2, 0.25) is 5.78 Å². The van der Waals surface area contributed by atoms with Crippen molar-refractivity contribution in [1.82, 2.24) is 9.38 Å². The fourth-order valence-electron chi connectivity index (χ4n) is 3.90. The zero-order valence-electron chi connectivity index (χ0n) is 16.3. The van der Waals surface area contributed by atoms with E-state index in [-0.39, 0.29) is 12.4 Å². The summed E-state index contributed by atoms with van der Waals surface area (Å²) in [6.07, 6.45) is 1.75. The number of fused-ring (bicyclic) bond motifs is 5. The summed E-state index contributed by atoms with van der Waals surface area (Å²) in [4.78, 5) is 30.5. The second-order valence-electron chi connectivity index (χ2n) is 6.99. The maximum absolute atomic E-state index is 13.4. The van der Waals surface area contributed by atoms with Crippen molar-refractivity contribution in [2.45, 2.75) is 6.92 Å². The fraction of sp³-hybridized carbons (Fsp3) is 0.0800. The lowest BCUT2D eigenvalue weighted by atomic mass is 10.1. The number of nitrogens with zero attached hydrogens (tertiary/aromatic N) is 2. The van der Waals surface area contributed by atoms with Crippen molar-refractivity contribution in [2.75, 3.05) is 6.61 Å². The summed E-state index contributed by atoms with van der Waals surface area (Å²) in [5.41, 5.74) is 3.65. The molecule has 5 aromatic rings. The molecule has 5 rings (SSSR count). The Labute approximate surface area is 172 Å². The highest BCUT2D eigenvalue weighted by atomic mass is 16.5. The SMILES string of the molecule is CCOC(=O)c1cc(C(=O)c2ccccc2)n2c1ccc1c3ncccc3ccc12. The summed E-state index contributed by atoms with van der Waals surface area (Å²) in [6, 6.07) is 22.3. The van der Waals surface area contributed by atoms with E-state index in [9.17, 15) is 9.59 Å². The molecule has 5 nitrogen and oxygen atoms in total. The number of ether oxygens (including phenoxy) is 1. The lowest BCUT2D eigenvalue weighted by Gasteiger charge is -2.09. The minimum Gasteiger partial charge on any atom is -0.462 e. The maximum atomic E-state index is 13.4. The molecule has 0 N–H and O–H groups in total. The standard InChI is InChI=1S/C25H18N2O3/c1-2-30-25(29)19-15-22(24(28)17-7-4-3-5-8-17)27-20-12-10-16-9-6-14-26-23(16)18(20)11-13-21(19)27/h3-15H,2H2,1H3. The largest absolute Gasteiger partial charge is 0.462 e. The third kappa shape index (κ3) is 2.75. The van der Waals surface area contributed by atoms with Crippen molar-refractivity contribution < 1.29 is 14.3 Å². The summed E-state index contributed by atoms with van der Waals surface area (Å²) in [5.74, 6) is -0.602. The molecule has 0 spiro atoms. The Morgan fingerprint density at radius 1 is 0.933 bits per heavy atom. The van der Waals surface area contributed by atoms with E-state index in [4.69, 9.17) is 4.74 Å². The number of aromatic nitrogens is 2. The van der Waals surface area contributed by atoms with Crippen LogP contribution in [0, 0.1) is 0 Å². The molecule has 0 unspecified atom stereocenters. The molecule has 0 saturated carbocycles. The number of pyridine rings is 2. The number of carbonyl (C=O) groups is 2. The Hall–Kier alpha value is -3.99. The van der Waals surface area contributed by atoms with Gasteiger partial charge >= 0.3 is 5.97 Å². The molecule has 0 saturated heterocycles. The van der Waals surface area contributed by atoms with Crippen LogP contribution in [0.1, 0.15) is 33.3 Å². The third-order valence-electron chi connectivity index (χ3n) is 5.24. The summed E-state index contributed by atoms with van der Waals surface area (Å²) < 4.78 is 7.08. The molecule has 0 bridgehead atoms. The lowest BCUT2D eigenvalue weighted by molar-refractivity contribution is 0.0529. The first kappa shape index (κ1) is 18.1. The Morgan fingerprint density at radius 2 is 1.73 bits per heavy atom. The van der Waals surface area contributed by atoms with Gasteiger partial charge in [0, 0.05) is 22.5 Å². The molecule has 0 fully saturated rings. The summed E-state index contributed by atoms with van der Waals surface area (Å²) in [6.45, 7) is 2.03. The molecule has 5 heteroatoms. The van der Waals surface area contributed by atoms with E-state index in [0.29, 0.717) is 22.3 Å². The minimum atomic E-state index is -0.444. The molecule has 0 aliphatic rings. The van der Waals surface area contributed by atoms with Crippen LogP contribution >= 0.6 is 0 Å². The highest BCUT2D eigenvalue weighted by Gasteiger charge is 2.23. The lowest BCUT2D eigenvalue weighted by Crippen LogP contribution is -2.05. The van der Waals surface area contributed by atoms with Crippen LogP contribution in [-0.2, 0) is 4.74 Å². The van der Waals surface area contributed by atoms with Crippen molar-refractivity contribution in [3.8, 4) is 0 Å². The molecule has 0 amide bonds. The molecule has 0 aliphatic heterocycles. The van der Waals surface area contributed by atoms with Gasteiger partial charge in [-0.2, -0.15) is 0 Å². The number of hydrogen-bond acceptors (Lipinski definition) is 4. The first-order valence-electron chi connectivity index (χ1n) is 9.78. The average Bonchev–Trinajstić information content (AvgIpc) is 3.19. The van der Waals surface area contributed by atoms with Gasteiger partial charge in [-0.05, 0) is 37.3 Å². The fourth-order valence-corrected chi connectivity index (χ4v) is 3.90. The number of rotatable bonds is 4. The van der Waals surface area contributed by atoms with Crippen LogP contribution in [0.15, 0.2) is 79.0 Å². The molecular weight excluding hydrogens is 376 g/mol. The van der Waals surface area contributed by atoms with Crippen molar-refractivity contribution >= 4 is 39.1 Å². The quantitative estimate of drug-likeness (QED) is 0.243. The van der Waals surface area contributed by atoms with E-state index in [1.54, 1.807) is 31.3 Å². The predicted octanol–water partition coefficient (Wildman–Crippen LogP) is 5.05. The predicted molar refractivity (Wildman–Crippen MR) is 116 cm³/mol. The van der Waals surface area contributed by atoms with E-state index in [1.165, 1.54) is 0 Å². The molecule has 0 aliphatic carbocycles. The number of ketones is 1. The second kappa shape index (κ2) is 7.12. The Balaban J connectivity index is 1.87. The number of benzene rings is 2. The van der Waals surface area contributed by atoms with Crippen molar-refractivity contribution in [1.29, 1.82) is 0 Å². The maximum Gasteiger partial charge on any atom is 0.340 e. The minimum absolute atomic E-state index is 0.158. The van der Waals surface area contributed by atoms with Gasteiger partial charge in [-0.15, -0.1) is 0 Å². The van der Waals surface area contributed by atoms with Gasteiger partial charge in [0.1, 0.15) is 0 Å². The van der Waals surface area contributed by atoms with Crippen LogP contribution < -0.4 is 0 Å².